The number of imidazole rings is 1. The number of nitrogens with zero attached hydrogens (tertiary/aromatic N) is 2. The molecule has 2 aromatic carbocycles. The quantitative estimate of drug-likeness (QED) is 0.453. The molecule has 7 nitrogen and oxygen atoms in total. The molecule has 9 heteroatoms. The Kier molecular flexibility index (Phi) is 6.54. The van der Waals surface area contributed by atoms with Gasteiger partial charge in [-0.3, -0.25) is 9.59 Å². The average Bonchev–Trinajstić information content (AvgIpc) is 3.28. The predicted molar refractivity (Wildman–Crippen MR) is 137 cm³/mol. The molecule has 1 amide bonds. The summed E-state index contributed by atoms with van der Waals surface area (Å²) in [4.78, 5) is 35.5. The molecule has 0 saturated heterocycles. The zero-order chi connectivity index (χ0) is 26.2. The number of amides is 1. The second-order valence-electron chi connectivity index (χ2n) is 10.4. The van der Waals surface area contributed by atoms with Gasteiger partial charge in [0.15, 0.2) is 5.78 Å². The van der Waals surface area contributed by atoms with Crippen molar-refractivity contribution in [3.63, 3.8) is 0 Å². The second-order valence-corrected chi connectivity index (χ2v) is 10.4. The van der Waals surface area contributed by atoms with Gasteiger partial charge >= 0.3 is 0 Å². The summed E-state index contributed by atoms with van der Waals surface area (Å²) in [5.74, 6) is -1.86. The molecular formula is C28H29F2N5O2. The van der Waals surface area contributed by atoms with Crippen molar-refractivity contribution in [2.45, 2.75) is 39.2 Å². The number of H-pyrrole nitrogens is 1. The van der Waals surface area contributed by atoms with E-state index in [9.17, 15) is 18.4 Å². The fourth-order valence-corrected chi connectivity index (χ4v) is 5.28. The fraction of sp³-hybridized carbons (Fsp3) is 0.321. The van der Waals surface area contributed by atoms with Crippen molar-refractivity contribution < 1.29 is 18.4 Å². The van der Waals surface area contributed by atoms with Crippen LogP contribution in [0.15, 0.2) is 66.3 Å². The van der Waals surface area contributed by atoms with Gasteiger partial charge in [-0.25, -0.2) is 13.8 Å². The van der Waals surface area contributed by atoms with E-state index in [2.05, 4.69) is 20.6 Å². The lowest BCUT2D eigenvalue weighted by Crippen LogP contribution is -2.42. The number of fused-ring (bicyclic) bond motifs is 1. The lowest BCUT2D eigenvalue weighted by atomic mass is 9.73. The molecule has 3 N–H and O–H groups in total. The number of anilines is 2. The van der Waals surface area contributed by atoms with Gasteiger partial charge in [-0.05, 0) is 41.7 Å². The van der Waals surface area contributed by atoms with E-state index >= 15 is 0 Å². The molecule has 3 aromatic rings. The van der Waals surface area contributed by atoms with Crippen LogP contribution in [0.2, 0.25) is 0 Å². The molecule has 0 bridgehead atoms. The number of Topliss-reactive ketones (excluding diaryl/α,β-unsaturated/α-hetero) is 1. The average molecular weight is 506 g/mol. The summed E-state index contributed by atoms with van der Waals surface area (Å²) in [5.41, 5.74) is 3.43. The van der Waals surface area contributed by atoms with Crippen LogP contribution >= 0.6 is 0 Å². The van der Waals surface area contributed by atoms with Crippen LogP contribution in [0.25, 0.3) is 0 Å². The van der Waals surface area contributed by atoms with E-state index in [1.807, 2.05) is 38.1 Å². The highest BCUT2D eigenvalue weighted by Gasteiger charge is 2.42. The van der Waals surface area contributed by atoms with Crippen LogP contribution in [0, 0.1) is 17.0 Å². The number of carbonyl (C=O) groups is 2. The Morgan fingerprint density at radius 3 is 2.65 bits per heavy atom. The molecule has 1 unspecified atom stereocenters. The Hall–Kier alpha value is -4.01. The van der Waals surface area contributed by atoms with E-state index in [0.29, 0.717) is 42.8 Å². The summed E-state index contributed by atoms with van der Waals surface area (Å²) >= 11 is 0. The number of carbonyl (C=O) groups excluding carboxylic acids is 2. The van der Waals surface area contributed by atoms with Crippen molar-refractivity contribution in [2.24, 2.45) is 5.41 Å². The number of benzene rings is 2. The third-order valence-corrected chi connectivity index (χ3v) is 6.79. The third-order valence-electron chi connectivity index (χ3n) is 6.79. The Morgan fingerprint density at radius 1 is 1.16 bits per heavy atom. The number of rotatable bonds is 6. The molecule has 2 heterocycles. The summed E-state index contributed by atoms with van der Waals surface area (Å²) < 4.78 is 28.9. The minimum atomic E-state index is -0.849. The zero-order valence-electron chi connectivity index (χ0n) is 20.8. The first-order valence-corrected chi connectivity index (χ1v) is 12.3. The van der Waals surface area contributed by atoms with Gasteiger partial charge in [0.1, 0.15) is 11.6 Å². The summed E-state index contributed by atoms with van der Waals surface area (Å²) in [6.07, 6.45) is 4.73. The molecule has 1 atom stereocenters. The van der Waals surface area contributed by atoms with Crippen molar-refractivity contribution >= 4 is 23.1 Å². The number of para-hydroxylation sites is 2. The highest BCUT2D eigenvalue weighted by Crippen LogP contribution is 2.48. The topological polar surface area (TPSA) is 90.1 Å². The number of halogens is 2. The van der Waals surface area contributed by atoms with E-state index in [1.54, 1.807) is 17.4 Å². The smallest absolute Gasteiger partial charge is 0.239 e. The minimum absolute atomic E-state index is 0.106. The van der Waals surface area contributed by atoms with Crippen molar-refractivity contribution in [2.75, 3.05) is 23.3 Å². The van der Waals surface area contributed by atoms with Crippen LogP contribution in [0.4, 0.5) is 20.2 Å². The molecule has 1 aliphatic heterocycles. The summed E-state index contributed by atoms with van der Waals surface area (Å²) in [6, 6.07) is 9.86. The highest BCUT2D eigenvalue weighted by atomic mass is 19.1. The second kappa shape index (κ2) is 9.80. The minimum Gasteiger partial charge on any atom is -0.357 e. The number of hydrogen-bond acceptors (Lipinski definition) is 5. The van der Waals surface area contributed by atoms with Crippen LogP contribution in [0.5, 0.6) is 0 Å². The van der Waals surface area contributed by atoms with Gasteiger partial charge in [0.25, 0.3) is 0 Å². The summed E-state index contributed by atoms with van der Waals surface area (Å²) in [6.45, 7) is 4.32. The van der Waals surface area contributed by atoms with Gasteiger partial charge in [0.2, 0.25) is 5.91 Å². The van der Waals surface area contributed by atoms with E-state index in [4.69, 9.17) is 0 Å². The SMILES string of the molecule is CC1(C)CC(=O)C2=C(C1)Nc1ccccc1N(CC(=O)NCCc1cnc[nH]1)C2c1cc(F)cc(F)c1. The monoisotopic (exact) mass is 505 g/mol. The Labute approximate surface area is 214 Å². The standard InChI is InChI=1S/C28H29F2N5O2/c1-28(2)12-22-26(24(36)13-28)27(17-9-18(29)11-19(30)10-17)35(23-6-4-3-5-21(23)34-22)15-25(37)32-8-7-20-14-31-16-33-20/h3-6,9-11,14,16,27,34H,7-8,12-13,15H2,1-2H3,(H,31,33)(H,32,37). The lowest BCUT2D eigenvalue weighted by molar-refractivity contribution is -0.120. The number of hydrogen-bond donors (Lipinski definition) is 3. The number of ketones is 1. The molecule has 0 spiro atoms. The van der Waals surface area contributed by atoms with E-state index < -0.39 is 17.7 Å². The Balaban J connectivity index is 1.57. The van der Waals surface area contributed by atoms with Gasteiger partial charge in [-0.1, -0.05) is 26.0 Å². The molecule has 2 aliphatic rings. The first-order chi connectivity index (χ1) is 17.7. The zero-order valence-corrected chi connectivity index (χ0v) is 20.8. The lowest BCUT2D eigenvalue weighted by Gasteiger charge is -2.37. The maximum absolute atomic E-state index is 14.5. The molecule has 0 radical (unpaired) electrons. The van der Waals surface area contributed by atoms with Gasteiger partial charge in [0, 0.05) is 48.6 Å². The molecule has 5 rings (SSSR count). The first kappa shape index (κ1) is 24.7. The largest absolute Gasteiger partial charge is 0.357 e. The summed E-state index contributed by atoms with van der Waals surface area (Å²) in [5, 5.41) is 6.34. The number of aromatic amines is 1. The van der Waals surface area contributed by atoms with Crippen LogP contribution in [0.3, 0.4) is 0 Å². The summed E-state index contributed by atoms with van der Waals surface area (Å²) in [7, 11) is 0. The van der Waals surface area contributed by atoms with Crippen LogP contribution < -0.4 is 15.5 Å². The van der Waals surface area contributed by atoms with E-state index in [0.717, 1.165) is 17.4 Å². The molecular weight excluding hydrogens is 476 g/mol. The maximum Gasteiger partial charge on any atom is 0.239 e. The van der Waals surface area contributed by atoms with Crippen molar-refractivity contribution in [1.82, 2.24) is 15.3 Å². The maximum atomic E-state index is 14.5. The van der Waals surface area contributed by atoms with Crippen molar-refractivity contribution in [3.05, 3.63) is 89.2 Å². The van der Waals surface area contributed by atoms with Gasteiger partial charge < -0.3 is 20.5 Å². The van der Waals surface area contributed by atoms with Crippen LogP contribution in [-0.2, 0) is 16.0 Å². The molecule has 0 saturated carbocycles. The first-order valence-electron chi connectivity index (χ1n) is 12.3. The highest BCUT2D eigenvalue weighted by molar-refractivity contribution is 6.01. The van der Waals surface area contributed by atoms with E-state index in [-0.39, 0.29) is 29.2 Å². The molecule has 1 aromatic heterocycles. The van der Waals surface area contributed by atoms with Crippen molar-refractivity contribution in [1.29, 1.82) is 0 Å². The third kappa shape index (κ3) is 5.26. The Morgan fingerprint density at radius 2 is 1.92 bits per heavy atom. The van der Waals surface area contributed by atoms with Gasteiger partial charge in [0.05, 0.1) is 30.3 Å². The fourth-order valence-electron chi connectivity index (χ4n) is 5.28. The molecule has 37 heavy (non-hydrogen) atoms. The molecule has 192 valence electrons. The van der Waals surface area contributed by atoms with Crippen molar-refractivity contribution in [3.8, 4) is 0 Å². The Bertz CT molecular complexity index is 1350. The van der Waals surface area contributed by atoms with Gasteiger partial charge in [-0.2, -0.15) is 0 Å². The normalized spacial score (nSPS) is 18.5. The molecule has 1 aliphatic carbocycles. The predicted octanol–water partition coefficient (Wildman–Crippen LogP) is 4.66. The van der Waals surface area contributed by atoms with Crippen LogP contribution in [-0.4, -0.2) is 34.7 Å². The molecule has 0 fully saturated rings. The number of nitrogens with one attached hydrogen (secondary N) is 3. The number of aromatic nitrogens is 2. The van der Waals surface area contributed by atoms with Gasteiger partial charge in [-0.15, -0.1) is 0 Å². The van der Waals surface area contributed by atoms with Crippen LogP contribution in [0.1, 0.15) is 44.0 Å². The number of allylic oxidation sites excluding steroid dienone is 1. The van der Waals surface area contributed by atoms with E-state index in [1.165, 1.54) is 12.1 Å².